The summed E-state index contributed by atoms with van der Waals surface area (Å²) in [7, 11) is 0. The number of aliphatic hydroxyl groups is 2. The van der Waals surface area contributed by atoms with E-state index in [0.717, 1.165) is 0 Å². The van der Waals surface area contributed by atoms with Crippen molar-refractivity contribution in [2.24, 2.45) is 0 Å². The molecular formula is C6H10N2O6Pt. The van der Waals surface area contributed by atoms with Crippen molar-refractivity contribution in [1.82, 2.24) is 0 Å². The molecule has 0 aliphatic carbocycles. The SMILES string of the molecule is [NH-]C(CO)C(=O)[O-].[NH-]C(CO)C(=O)[O-].[Pt+4]. The smallest absolute Gasteiger partial charge is 0.668 e. The van der Waals surface area contributed by atoms with Gasteiger partial charge in [-0.15, -0.1) is 0 Å². The Labute approximate surface area is 100 Å². The summed E-state index contributed by atoms with van der Waals surface area (Å²) < 4.78 is 0. The van der Waals surface area contributed by atoms with E-state index in [1.807, 2.05) is 0 Å². The van der Waals surface area contributed by atoms with E-state index >= 15 is 0 Å². The second-order valence-electron chi connectivity index (χ2n) is 2.11. The van der Waals surface area contributed by atoms with Gasteiger partial charge in [-0.1, -0.05) is 12.1 Å². The number of hydrogen-bond donors (Lipinski definition) is 2. The number of nitrogens with one attached hydrogen (secondary N) is 2. The maximum absolute atomic E-state index is 9.47. The van der Waals surface area contributed by atoms with Crippen LogP contribution < -0.4 is 10.2 Å². The maximum atomic E-state index is 9.47. The van der Waals surface area contributed by atoms with Crippen molar-refractivity contribution in [3.8, 4) is 0 Å². The molecule has 4 N–H and O–H groups in total. The van der Waals surface area contributed by atoms with E-state index in [1.54, 1.807) is 0 Å². The molecule has 15 heavy (non-hydrogen) atoms. The molecule has 0 bridgehead atoms. The van der Waals surface area contributed by atoms with E-state index in [9.17, 15) is 19.8 Å². The molecular weight excluding hydrogens is 391 g/mol. The molecule has 0 aromatic carbocycles. The van der Waals surface area contributed by atoms with Crippen molar-refractivity contribution < 1.29 is 51.1 Å². The fourth-order valence-electron chi connectivity index (χ4n) is 0.149. The van der Waals surface area contributed by atoms with Gasteiger partial charge < -0.3 is 41.5 Å². The van der Waals surface area contributed by atoms with Gasteiger partial charge in [-0.05, 0) is 0 Å². The minimum absolute atomic E-state index is 0. The zero-order valence-electron chi connectivity index (χ0n) is 7.41. The quantitative estimate of drug-likeness (QED) is 0.491. The Morgan fingerprint density at radius 2 is 1.20 bits per heavy atom. The summed E-state index contributed by atoms with van der Waals surface area (Å²) in [4.78, 5) is 18.9. The predicted octanol–water partition coefficient (Wildman–Crippen LogP) is -3.70. The maximum Gasteiger partial charge on any atom is 4.00 e. The summed E-state index contributed by atoms with van der Waals surface area (Å²) in [5.41, 5.74) is 12.7. The first-order valence-corrected chi connectivity index (χ1v) is 3.42. The molecule has 0 saturated heterocycles. The van der Waals surface area contributed by atoms with Gasteiger partial charge >= 0.3 is 21.1 Å². The molecule has 0 aliphatic heterocycles. The van der Waals surface area contributed by atoms with Gasteiger partial charge in [0.05, 0.1) is 0 Å². The van der Waals surface area contributed by atoms with Crippen molar-refractivity contribution in [3.63, 3.8) is 0 Å². The van der Waals surface area contributed by atoms with Gasteiger partial charge in [-0.3, -0.25) is 0 Å². The fourth-order valence-corrected chi connectivity index (χ4v) is 0.149. The second kappa shape index (κ2) is 11.5. The summed E-state index contributed by atoms with van der Waals surface area (Å²) in [5.74, 6) is -3.08. The number of carboxylic acids is 2. The van der Waals surface area contributed by atoms with E-state index in [2.05, 4.69) is 0 Å². The van der Waals surface area contributed by atoms with Gasteiger partial charge in [0.2, 0.25) is 0 Å². The third-order valence-corrected chi connectivity index (χ3v) is 0.934. The Morgan fingerprint density at radius 1 is 1.00 bits per heavy atom. The van der Waals surface area contributed by atoms with Crippen LogP contribution in [0.3, 0.4) is 0 Å². The zero-order valence-corrected chi connectivity index (χ0v) is 9.68. The van der Waals surface area contributed by atoms with Crippen molar-refractivity contribution in [3.05, 3.63) is 11.5 Å². The molecule has 0 rings (SSSR count). The summed E-state index contributed by atoms with van der Waals surface area (Å²) >= 11 is 0. The number of hydrogen-bond acceptors (Lipinski definition) is 6. The summed E-state index contributed by atoms with van der Waals surface area (Å²) in [6.07, 6.45) is 0. The first kappa shape index (κ1) is 20.0. The van der Waals surface area contributed by atoms with Crippen LogP contribution in [0.5, 0.6) is 0 Å². The van der Waals surface area contributed by atoms with Crippen LogP contribution >= 0.6 is 0 Å². The molecule has 0 aromatic rings. The average Bonchev–Trinajstić information content (AvgIpc) is 2.15. The third kappa shape index (κ3) is 13.5. The zero-order chi connectivity index (χ0) is 11.7. The van der Waals surface area contributed by atoms with E-state index in [-0.39, 0.29) is 21.1 Å². The number of rotatable bonds is 4. The molecule has 2 atom stereocenters. The van der Waals surface area contributed by atoms with Crippen LogP contribution in [-0.2, 0) is 30.7 Å². The summed E-state index contributed by atoms with van der Waals surface area (Å²) in [6.45, 7) is -1.36. The van der Waals surface area contributed by atoms with Crippen LogP contribution in [0.2, 0.25) is 0 Å². The van der Waals surface area contributed by atoms with Crippen molar-refractivity contribution >= 4 is 11.9 Å². The number of aliphatic hydroxyl groups excluding tert-OH is 2. The standard InChI is InChI=1S/2C3H6NO3.Pt/c2*4-2(1-5)3(6)7;/h2*2,4-5H,1H2,(H,6,7);/q2*-1;+4/p-2. The molecule has 90 valence electrons. The Balaban J connectivity index is -0.000000180. The van der Waals surface area contributed by atoms with Crippen LogP contribution in [0.1, 0.15) is 0 Å². The van der Waals surface area contributed by atoms with E-state index in [0.29, 0.717) is 0 Å². The van der Waals surface area contributed by atoms with Crippen molar-refractivity contribution in [1.29, 1.82) is 0 Å². The molecule has 0 amide bonds. The van der Waals surface area contributed by atoms with Crippen molar-refractivity contribution in [2.45, 2.75) is 12.1 Å². The van der Waals surface area contributed by atoms with Gasteiger partial charge in [-0.2, -0.15) is 0 Å². The van der Waals surface area contributed by atoms with E-state index < -0.39 is 37.2 Å². The monoisotopic (exact) mass is 401 g/mol. The number of aliphatic carboxylic acids is 2. The average molecular weight is 401 g/mol. The molecule has 0 radical (unpaired) electrons. The largest absolute Gasteiger partial charge is 4.00 e. The normalized spacial score (nSPS) is 12.5. The first-order valence-electron chi connectivity index (χ1n) is 3.42. The minimum atomic E-state index is -1.54. The topological polar surface area (TPSA) is 168 Å². The Hall–Kier alpha value is -0.532. The van der Waals surface area contributed by atoms with E-state index in [4.69, 9.17) is 21.7 Å². The molecule has 0 saturated carbocycles. The van der Waals surface area contributed by atoms with Gasteiger partial charge in [-0.25, -0.2) is 0 Å². The number of carbonyl (C=O) groups is 2. The van der Waals surface area contributed by atoms with E-state index in [1.165, 1.54) is 0 Å². The van der Waals surface area contributed by atoms with Crippen LogP contribution in [0.25, 0.3) is 11.5 Å². The Morgan fingerprint density at radius 3 is 1.20 bits per heavy atom. The molecule has 8 nitrogen and oxygen atoms in total. The van der Waals surface area contributed by atoms with Crippen LogP contribution in [0, 0.1) is 0 Å². The third-order valence-electron chi connectivity index (χ3n) is 0.934. The molecule has 0 spiro atoms. The molecule has 2 unspecified atom stereocenters. The summed E-state index contributed by atoms with van der Waals surface area (Å²) in [6, 6.07) is -2.97. The van der Waals surface area contributed by atoms with Crippen molar-refractivity contribution in [2.75, 3.05) is 13.2 Å². The first-order chi connectivity index (χ1) is 6.36. The molecule has 0 aliphatic rings. The van der Waals surface area contributed by atoms with Crippen LogP contribution in [-0.4, -0.2) is 47.4 Å². The number of carbonyl (C=O) groups excluding carboxylic acids is 2. The van der Waals surface area contributed by atoms with Crippen LogP contribution in [0.4, 0.5) is 0 Å². The van der Waals surface area contributed by atoms with Gasteiger partial charge in [0, 0.05) is 25.2 Å². The predicted molar refractivity (Wildman–Crippen MR) is 40.4 cm³/mol. The minimum Gasteiger partial charge on any atom is -0.668 e. The number of carboxylic acid groups (broad SMARTS) is 2. The van der Waals surface area contributed by atoms with Gasteiger partial charge in [0.1, 0.15) is 0 Å². The molecule has 0 heterocycles. The van der Waals surface area contributed by atoms with Crippen LogP contribution in [0.15, 0.2) is 0 Å². The Kier molecular flexibility index (Phi) is 15.4. The fraction of sp³-hybridized carbons (Fsp3) is 0.667. The van der Waals surface area contributed by atoms with Gasteiger partial charge in [0.25, 0.3) is 0 Å². The second-order valence-corrected chi connectivity index (χ2v) is 2.11. The molecule has 0 aromatic heterocycles. The summed E-state index contributed by atoms with van der Waals surface area (Å²) in [5, 5.41) is 34.7. The Bertz CT molecular complexity index is 170. The van der Waals surface area contributed by atoms with Gasteiger partial charge in [0.15, 0.2) is 0 Å². The molecule has 0 fully saturated rings. The molecule has 9 heteroatoms.